The van der Waals surface area contributed by atoms with E-state index in [2.05, 4.69) is 15.1 Å². The zero-order valence-corrected chi connectivity index (χ0v) is 9.80. The molecule has 1 aromatic heterocycles. The van der Waals surface area contributed by atoms with Crippen LogP contribution >= 0.6 is 11.8 Å². The lowest BCUT2D eigenvalue weighted by Crippen LogP contribution is -2.14. The summed E-state index contributed by atoms with van der Waals surface area (Å²) in [5, 5.41) is 11.9. The predicted octanol–water partition coefficient (Wildman–Crippen LogP) is 1.24. The van der Waals surface area contributed by atoms with Gasteiger partial charge in [0, 0.05) is 11.4 Å². The van der Waals surface area contributed by atoms with Crippen LogP contribution in [0, 0.1) is 20.8 Å². The average molecular weight is 226 g/mol. The first kappa shape index (κ1) is 11.8. The minimum absolute atomic E-state index is 0.166. The predicted molar refractivity (Wildman–Crippen MR) is 60.4 cm³/mol. The summed E-state index contributed by atoms with van der Waals surface area (Å²) in [5.74, 6) is 0.554. The maximum absolute atomic E-state index is 8.37. The highest BCUT2D eigenvalue weighted by atomic mass is 32.2. The first-order valence-corrected chi connectivity index (χ1v) is 5.44. The fourth-order valence-electron chi connectivity index (χ4n) is 0.973. The SMILES string of the molecule is Cc1nc(SCC(N)=NO)nc(C)c1C. The lowest BCUT2D eigenvalue weighted by Gasteiger charge is -2.05. The molecule has 0 amide bonds. The van der Waals surface area contributed by atoms with Crippen molar-refractivity contribution in [1.82, 2.24) is 9.97 Å². The van der Waals surface area contributed by atoms with Crippen molar-refractivity contribution in [2.75, 3.05) is 5.75 Å². The van der Waals surface area contributed by atoms with Crippen LogP contribution in [0.4, 0.5) is 0 Å². The molecular weight excluding hydrogens is 212 g/mol. The van der Waals surface area contributed by atoms with E-state index in [1.807, 2.05) is 20.8 Å². The largest absolute Gasteiger partial charge is 0.409 e. The molecule has 0 aliphatic heterocycles. The molecule has 0 aromatic carbocycles. The molecule has 6 heteroatoms. The molecule has 0 unspecified atom stereocenters. The Morgan fingerprint density at radius 2 is 1.87 bits per heavy atom. The van der Waals surface area contributed by atoms with Gasteiger partial charge in [-0.1, -0.05) is 16.9 Å². The van der Waals surface area contributed by atoms with Crippen molar-refractivity contribution in [3.63, 3.8) is 0 Å². The van der Waals surface area contributed by atoms with E-state index in [9.17, 15) is 0 Å². The zero-order valence-electron chi connectivity index (χ0n) is 8.98. The molecule has 1 rings (SSSR count). The molecule has 0 fully saturated rings. The van der Waals surface area contributed by atoms with E-state index in [0.717, 1.165) is 17.0 Å². The molecule has 3 N–H and O–H groups in total. The maximum Gasteiger partial charge on any atom is 0.188 e. The standard InChI is InChI=1S/C9H14N4OS/c1-5-6(2)11-9(12-7(5)3)15-4-8(10)13-14/h14H,4H2,1-3H3,(H2,10,13). The molecule has 15 heavy (non-hydrogen) atoms. The van der Waals surface area contributed by atoms with Crippen LogP contribution in [0.1, 0.15) is 17.0 Å². The van der Waals surface area contributed by atoms with Crippen LogP contribution in [0.5, 0.6) is 0 Å². The second kappa shape index (κ2) is 4.97. The lowest BCUT2D eigenvalue weighted by molar-refractivity contribution is 0.318. The molecule has 0 bridgehead atoms. The van der Waals surface area contributed by atoms with Gasteiger partial charge in [0.25, 0.3) is 0 Å². The van der Waals surface area contributed by atoms with E-state index < -0.39 is 0 Å². The third-order valence-corrected chi connectivity index (χ3v) is 2.97. The van der Waals surface area contributed by atoms with Crippen molar-refractivity contribution in [2.24, 2.45) is 10.9 Å². The Morgan fingerprint density at radius 1 is 1.33 bits per heavy atom. The second-order valence-corrected chi connectivity index (χ2v) is 4.12. The molecule has 0 atom stereocenters. The van der Waals surface area contributed by atoms with Gasteiger partial charge in [-0.3, -0.25) is 0 Å². The van der Waals surface area contributed by atoms with Gasteiger partial charge in [-0.25, -0.2) is 9.97 Å². The Balaban J connectivity index is 2.79. The van der Waals surface area contributed by atoms with Gasteiger partial charge in [-0.2, -0.15) is 0 Å². The van der Waals surface area contributed by atoms with Crippen LogP contribution in [0.2, 0.25) is 0 Å². The van der Waals surface area contributed by atoms with Gasteiger partial charge < -0.3 is 10.9 Å². The van der Waals surface area contributed by atoms with E-state index in [-0.39, 0.29) is 5.84 Å². The Bertz CT molecular complexity index is 369. The quantitative estimate of drug-likeness (QED) is 0.202. The Hall–Kier alpha value is -1.30. The highest BCUT2D eigenvalue weighted by Crippen LogP contribution is 2.16. The van der Waals surface area contributed by atoms with Crippen molar-refractivity contribution in [3.05, 3.63) is 17.0 Å². The van der Waals surface area contributed by atoms with Gasteiger partial charge in [0.05, 0.1) is 5.75 Å². The Morgan fingerprint density at radius 3 is 2.33 bits per heavy atom. The van der Waals surface area contributed by atoms with Crippen LogP contribution < -0.4 is 5.73 Å². The van der Waals surface area contributed by atoms with Crippen molar-refractivity contribution in [1.29, 1.82) is 0 Å². The highest BCUT2D eigenvalue weighted by molar-refractivity contribution is 7.99. The number of amidine groups is 1. The first-order chi connectivity index (χ1) is 7.04. The van der Waals surface area contributed by atoms with E-state index >= 15 is 0 Å². The molecule has 0 spiro atoms. The molecule has 5 nitrogen and oxygen atoms in total. The molecule has 0 saturated carbocycles. The first-order valence-electron chi connectivity index (χ1n) is 4.45. The number of oxime groups is 1. The van der Waals surface area contributed by atoms with Gasteiger partial charge in [-0.15, -0.1) is 0 Å². The molecule has 0 aliphatic rings. The fourth-order valence-corrected chi connectivity index (χ4v) is 1.71. The van der Waals surface area contributed by atoms with E-state index in [1.54, 1.807) is 0 Å². The van der Waals surface area contributed by atoms with Crippen LogP contribution in [0.25, 0.3) is 0 Å². The van der Waals surface area contributed by atoms with Gasteiger partial charge >= 0.3 is 0 Å². The summed E-state index contributed by atoms with van der Waals surface area (Å²) < 4.78 is 0. The minimum Gasteiger partial charge on any atom is -0.409 e. The third kappa shape index (κ3) is 3.09. The Kier molecular flexibility index (Phi) is 3.90. The van der Waals surface area contributed by atoms with Gasteiger partial charge in [0.1, 0.15) is 5.84 Å². The third-order valence-electron chi connectivity index (χ3n) is 2.09. The summed E-state index contributed by atoms with van der Waals surface area (Å²) in [4.78, 5) is 8.60. The van der Waals surface area contributed by atoms with Gasteiger partial charge in [0.2, 0.25) is 0 Å². The number of hydrogen-bond donors (Lipinski definition) is 2. The van der Waals surface area contributed by atoms with Gasteiger partial charge in [-0.05, 0) is 26.3 Å². The van der Waals surface area contributed by atoms with Crippen LogP contribution in [0.15, 0.2) is 10.3 Å². The summed E-state index contributed by atoms with van der Waals surface area (Å²) in [6.07, 6.45) is 0. The summed E-state index contributed by atoms with van der Waals surface area (Å²) in [7, 11) is 0. The molecule has 1 aromatic rings. The lowest BCUT2D eigenvalue weighted by atomic mass is 10.2. The number of nitrogens with two attached hydrogens (primary N) is 1. The van der Waals surface area contributed by atoms with Crippen LogP contribution in [-0.4, -0.2) is 26.8 Å². The maximum atomic E-state index is 8.37. The number of aromatic nitrogens is 2. The second-order valence-electron chi connectivity index (χ2n) is 3.18. The highest BCUT2D eigenvalue weighted by Gasteiger charge is 2.05. The van der Waals surface area contributed by atoms with Crippen molar-refractivity contribution in [3.8, 4) is 0 Å². The summed E-state index contributed by atoms with van der Waals surface area (Å²) in [6.45, 7) is 5.87. The molecular formula is C9H14N4OS. The zero-order chi connectivity index (χ0) is 11.4. The summed E-state index contributed by atoms with van der Waals surface area (Å²) >= 11 is 1.35. The van der Waals surface area contributed by atoms with Crippen LogP contribution in [-0.2, 0) is 0 Å². The smallest absolute Gasteiger partial charge is 0.188 e. The monoisotopic (exact) mass is 226 g/mol. The summed E-state index contributed by atoms with van der Waals surface area (Å²) in [5.41, 5.74) is 8.38. The number of thioether (sulfide) groups is 1. The summed E-state index contributed by atoms with van der Waals surface area (Å²) in [6, 6.07) is 0. The minimum atomic E-state index is 0.166. The molecule has 0 saturated heterocycles. The van der Waals surface area contributed by atoms with Crippen molar-refractivity contribution < 1.29 is 5.21 Å². The van der Waals surface area contributed by atoms with Crippen LogP contribution in [0.3, 0.4) is 0 Å². The van der Waals surface area contributed by atoms with E-state index in [0.29, 0.717) is 10.9 Å². The average Bonchev–Trinajstić information content (AvgIpc) is 2.22. The molecule has 0 radical (unpaired) electrons. The van der Waals surface area contributed by atoms with Gasteiger partial charge in [0.15, 0.2) is 5.16 Å². The number of nitrogens with zero attached hydrogens (tertiary/aromatic N) is 3. The topological polar surface area (TPSA) is 84.4 Å². The number of rotatable bonds is 3. The van der Waals surface area contributed by atoms with Crippen molar-refractivity contribution >= 4 is 17.6 Å². The molecule has 1 heterocycles. The number of hydrogen-bond acceptors (Lipinski definition) is 5. The van der Waals surface area contributed by atoms with E-state index in [4.69, 9.17) is 10.9 Å². The fraction of sp³-hybridized carbons (Fsp3) is 0.444. The molecule has 82 valence electrons. The Labute approximate surface area is 92.8 Å². The molecule has 0 aliphatic carbocycles. The number of aryl methyl sites for hydroxylation is 2. The van der Waals surface area contributed by atoms with Crippen molar-refractivity contribution in [2.45, 2.75) is 25.9 Å². The van der Waals surface area contributed by atoms with E-state index in [1.165, 1.54) is 11.8 Å². The normalized spacial score (nSPS) is 11.8.